The van der Waals surface area contributed by atoms with Crippen molar-refractivity contribution in [3.8, 4) is 11.8 Å². The molecule has 1 aromatic carbocycles. The van der Waals surface area contributed by atoms with E-state index >= 15 is 0 Å². The van der Waals surface area contributed by atoms with Gasteiger partial charge in [-0.25, -0.2) is 8.42 Å². The SMILES string of the molecule is C[C@]1(NC(=O)c2ccc(COc3ccccc3C#N)o2)CCS(=O)(=O)C1. The van der Waals surface area contributed by atoms with Crippen molar-refractivity contribution >= 4 is 15.7 Å². The molecule has 0 bridgehead atoms. The summed E-state index contributed by atoms with van der Waals surface area (Å²) in [6.45, 7) is 1.78. The first-order chi connectivity index (χ1) is 12.3. The Morgan fingerprint density at radius 3 is 2.81 bits per heavy atom. The van der Waals surface area contributed by atoms with Crippen molar-refractivity contribution in [3.05, 3.63) is 53.5 Å². The maximum absolute atomic E-state index is 12.3. The highest BCUT2D eigenvalue weighted by Gasteiger charge is 2.39. The zero-order chi connectivity index (χ0) is 18.8. The average molecular weight is 374 g/mol. The zero-order valence-electron chi connectivity index (χ0n) is 14.2. The van der Waals surface area contributed by atoms with Gasteiger partial charge in [0, 0.05) is 0 Å². The number of amides is 1. The van der Waals surface area contributed by atoms with Crippen LogP contribution in [0.2, 0.25) is 0 Å². The van der Waals surface area contributed by atoms with E-state index in [4.69, 9.17) is 14.4 Å². The van der Waals surface area contributed by atoms with Gasteiger partial charge in [-0.2, -0.15) is 5.26 Å². The molecule has 1 amide bonds. The van der Waals surface area contributed by atoms with Crippen LogP contribution in [0.4, 0.5) is 0 Å². The number of ether oxygens (including phenoxy) is 1. The number of hydrogen-bond donors (Lipinski definition) is 1. The smallest absolute Gasteiger partial charge is 0.287 e. The molecular formula is C18H18N2O5S. The molecule has 2 aromatic rings. The molecule has 1 saturated heterocycles. The van der Waals surface area contributed by atoms with E-state index in [0.717, 1.165) is 0 Å². The largest absolute Gasteiger partial charge is 0.484 e. The Hall–Kier alpha value is -2.79. The number of carbonyl (C=O) groups excluding carboxylic acids is 1. The summed E-state index contributed by atoms with van der Waals surface area (Å²) in [5, 5.41) is 11.8. The molecule has 0 saturated carbocycles. The fraction of sp³-hybridized carbons (Fsp3) is 0.333. The van der Waals surface area contributed by atoms with Crippen LogP contribution >= 0.6 is 0 Å². The Balaban J connectivity index is 1.63. The normalized spacial score (nSPS) is 21.1. The molecule has 8 heteroatoms. The molecule has 3 rings (SSSR count). The van der Waals surface area contributed by atoms with E-state index in [1.165, 1.54) is 6.07 Å². The van der Waals surface area contributed by atoms with Crippen LogP contribution in [0.25, 0.3) is 0 Å². The van der Waals surface area contributed by atoms with Gasteiger partial charge in [-0.1, -0.05) is 12.1 Å². The maximum Gasteiger partial charge on any atom is 0.287 e. The Kier molecular flexibility index (Phi) is 4.74. The Labute approximate surface area is 151 Å². The lowest BCUT2D eigenvalue weighted by Crippen LogP contribution is -2.46. The molecule has 0 unspecified atom stereocenters. The summed E-state index contributed by atoms with van der Waals surface area (Å²) in [6, 6.07) is 12.0. The van der Waals surface area contributed by atoms with Crippen LogP contribution in [0.5, 0.6) is 5.75 Å². The van der Waals surface area contributed by atoms with E-state index in [2.05, 4.69) is 5.32 Å². The first-order valence-corrected chi connectivity index (χ1v) is 9.86. The zero-order valence-corrected chi connectivity index (χ0v) is 15.0. The number of nitriles is 1. The monoisotopic (exact) mass is 374 g/mol. The predicted octanol–water partition coefficient (Wildman–Crippen LogP) is 2.04. The topological polar surface area (TPSA) is 109 Å². The third-order valence-corrected chi connectivity index (χ3v) is 6.08. The summed E-state index contributed by atoms with van der Waals surface area (Å²) in [7, 11) is -3.11. The summed E-state index contributed by atoms with van der Waals surface area (Å²) in [4.78, 5) is 12.3. The second-order valence-corrected chi connectivity index (χ2v) is 8.70. The molecule has 0 aliphatic carbocycles. The number of furan rings is 1. The molecule has 1 aromatic heterocycles. The molecule has 2 heterocycles. The number of nitrogens with one attached hydrogen (secondary N) is 1. The van der Waals surface area contributed by atoms with E-state index in [-0.39, 0.29) is 23.9 Å². The minimum absolute atomic E-state index is 0.0671. The third kappa shape index (κ3) is 4.06. The fourth-order valence-corrected chi connectivity index (χ4v) is 4.95. The molecule has 1 fully saturated rings. The van der Waals surface area contributed by atoms with Crippen molar-refractivity contribution in [2.45, 2.75) is 25.5 Å². The molecule has 1 atom stereocenters. The highest BCUT2D eigenvalue weighted by molar-refractivity contribution is 7.91. The van der Waals surface area contributed by atoms with Crippen LogP contribution in [0.1, 0.15) is 35.2 Å². The summed E-state index contributed by atoms with van der Waals surface area (Å²) in [5.74, 6) is 0.469. The Morgan fingerprint density at radius 2 is 2.12 bits per heavy atom. The summed E-state index contributed by atoms with van der Waals surface area (Å²) < 4.78 is 34.3. The summed E-state index contributed by atoms with van der Waals surface area (Å²) >= 11 is 0. The van der Waals surface area contributed by atoms with E-state index in [0.29, 0.717) is 23.5 Å². The van der Waals surface area contributed by atoms with Gasteiger partial charge >= 0.3 is 0 Å². The molecule has 0 spiro atoms. The Bertz CT molecular complexity index is 973. The van der Waals surface area contributed by atoms with Crippen molar-refractivity contribution < 1.29 is 22.4 Å². The Morgan fingerprint density at radius 1 is 1.35 bits per heavy atom. The van der Waals surface area contributed by atoms with Gasteiger partial charge in [0.25, 0.3) is 5.91 Å². The van der Waals surface area contributed by atoms with Gasteiger partial charge in [-0.3, -0.25) is 4.79 Å². The number of nitrogens with zero attached hydrogens (tertiary/aromatic N) is 1. The molecule has 1 N–H and O–H groups in total. The van der Waals surface area contributed by atoms with Gasteiger partial charge in [-0.15, -0.1) is 0 Å². The minimum atomic E-state index is -3.11. The van der Waals surface area contributed by atoms with Crippen LogP contribution < -0.4 is 10.1 Å². The lowest BCUT2D eigenvalue weighted by Gasteiger charge is -2.23. The van der Waals surface area contributed by atoms with Crippen LogP contribution in [0.3, 0.4) is 0 Å². The first kappa shape index (κ1) is 18.0. The van der Waals surface area contributed by atoms with Crippen LogP contribution in [-0.4, -0.2) is 31.4 Å². The van der Waals surface area contributed by atoms with E-state index < -0.39 is 21.3 Å². The molecule has 0 radical (unpaired) electrons. The number of sulfone groups is 1. The van der Waals surface area contributed by atoms with E-state index in [9.17, 15) is 13.2 Å². The predicted molar refractivity (Wildman–Crippen MR) is 93.3 cm³/mol. The highest BCUT2D eigenvalue weighted by Crippen LogP contribution is 2.24. The number of benzene rings is 1. The van der Waals surface area contributed by atoms with Gasteiger partial charge in [0.05, 0.1) is 22.6 Å². The molecule has 136 valence electrons. The van der Waals surface area contributed by atoms with Crippen molar-refractivity contribution in [1.82, 2.24) is 5.32 Å². The highest BCUT2D eigenvalue weighted by atomic mass is 32.2. The summed E-state index contributed by atoms with van der Waals surface area (Å²) in [5.41, 5.74) is -0.377. The second-order valence-electron chi connectivity index (χ2n) is 6.52. The minimum Gasteiger partial charge on any atom is -0.484 e. The van der Waals surface area contributed by atoms with Crippen molar-refractivity contribution in [3.63, 3.8) is 0 Å². The van der Waals surface area contributed by atoms with E-state index in [1.54, 1.807) is 37.3 Å². The number of para-hydroxylation sites is 1. The number of carbonyl (C=O) groups is 1. The van der Waals surface area contributed by atoms with Gasteiger partial charge in [0.1, 0.15) is 24.2 Å². The lowest BCUT2D eigenvalue weighted by atomic mass is 10.0. The van der Waals surface area contributed by atoms with Crippen LogP contribution in [0.15, 0.2) is 40.8 Å². The number of rotatable bonds is 5. The molecule has 1 aliphatic heterocycles. The molecule has 7 nitrogen and oxygen atoms in total. The molecule has 1 aliphatic rings. The van der Waals surface area contributed by atoms with Crippen molar-refractivity contribution in [2.75, 3.05) is 11.5 Å². The van der Waals surface area contributed by atoms with Gasteiger partial charge in [-0.05, 0) is 37.6 Å². The van der Waals surface area contributed by atoms with E-state index in [1.807, 2.05) is 6.07 Å². The average Bonchev–Trinajstić information content (AvgIpc) is 3.17. The molecular weight excluding hydrogens is 356 g/mol. The van der Waals surface area contributed by atoms with Crippen LogP contribution in [0, 0.1) is 11.3 Å². The van der Waals surface area contributed by atoms with Crippen LogP contribution in [-0.2, 0) is 16.4 Å². The lowest BCUT2D eigenvalue weighted by molar-refractivity contribution is 0.0882. The third-order valence-electron chi connectivity index (χ3n) is 4.18. The first-order valence-electron chi connectivity index (χ1n) is 8.04. The molecule has 26 heavy (non-hydrogen) atoms. The van der Waals surface area contributed by atoms with Gasteiger partial charge < -0.3 is 14.5 Å². The van der Waals surface area contributed by atoms with Crippen molar-refractivity contribution in [2.24, 2.45) is 0 Å². The standard InChI is InChI=1S/C18H18N2O5S/c1-18(8-9-26(22,23)12-18)20-17(21)16-7-6-14(25-16)11-24-15-5-3-2-4-13(15)10-19/h2-7H,8-9,11-12H2,1H3,(H,20,21)/t18-/m0/s1. The van der Waals surface area contributed by atoms with Gasteiger partial charge in [0.15, 0.2) is 15.6 Å². The van der Waals surface area contributed by atoms with Gasteiger partial charge in [0.2, 0.25) is 0 Å². The summed E-state index contributed by atoms with van der Waals surface area (Å²) in [6.07, 6.45) is 0.378. The maximum atomic E-state index is 12.3. The second kappa shape index (κ2) is 6.84. The number of hydrogen-bond acceptors (Lipinski definition) is 6. The quantitative estimate of drug-likeness (QED) is 0.858. The fourth-order valence-electron chi connectivity index (χ4n) is 2.86. The van der Waals surface area contributed by atoms with Crippen molar-refractivity contribution in [1.29, 1.82) is 5.26 Å².